The summed E-state index contributed by atoms with van der Waals surface area (Å²) in [5, 5.41) is 0. The lowest BCUT2D eigenvalue weighted by Gasteiger charge is -2.21. The van der Waals surface area contributed by atoms with E-state index in [2.05, 4.69) is 40.7 Å². The van der Waals surface area contributed by atoms with Crippen molar-refractivity contribution in [2.75, 3.05) is 20.2 Å². The zero-order valence-corrected chi connectivity index (χ0v) is 12.6. The normalized spacial score (nSPS) is 10.9. The smallest absolute Gasteiger partial charge is 0.123 e. The molecule has 0 atom stereocenters. The number of nitrogens with zero attached hydrogens (tertiary/aromatic N) is 1. The Labute approximate surface area is 113 Å². The Balaban J connectivity index is 2.73. The number of hydrogen-bond acceptors (Lipinski definition) is 2. The van der Waals surface area contributed by atoms with Crippen molar-refractivity contribution in [1.82, 2.24) is 4.90 Å². The lowest BCUT2D eigenvalue weighted by molar-refractivity contribution is 0.270. The molecule has 0 aliphatic carbocycles. The Morgan fingerprint density at radius 2 is 2.06 bits per heavy atom. The molecule has 0 heterocycles. The summed E-state index contributed by atoms with van der Waals surface area (Å²) in [5.41, 5.74) is 1.25. The van der Waals surface area contributed by atoms with Crippen molar-refractivity contribution in [3.63, 3.8) is 0 Å². The van der Waals surface area contributed by atoms with Crippen molar-refractivity contribution in [2.24, 2.45) is 0 Å². The first-order valence-corrected chi connectivity index (χ1v) is 7.05. The molecule has 0 saturated carbocycles. The molecular weight excluding hydrogens is 278 g/mol. The second-order valence-electron chi connectivity index (χ2n) is 4.18. The van der Waals surface area contributed by atoms with Crippen LogP contribution < -0.4 is 4.74 Å². The van der Waals surface area contributed by atoms with Gasteiger partial charge in [0.2, 0.25) is 0 Å². The highest BCUT2D eigenvalue weighted by Gasteiger charge is 2.08. The first-order valence-electron chi connectivity index (χ1n) is 6.26. The molecular formula is C14H22BrNO. The van der Waals surface area contributed by atoms with Crippen LogP contribution in [0.2, 0.25) is 0 Å². The van der Waals surface area contributed by atoms with E-state index < -0.39 is 0 Å². The van der Waals surface area contributed by atoms with E-state index in [0.717, 1.165) is 29.9 Å². The molecule has 1 aromatic rings. The van der Waals surface area contributed by atoms with Crippen molar-refractivity contribution in [2.45, 2.75) is 33.2 Å². The summed E-state index contributed by atoms with van der Waals surface area (Å²) in [4.78, 5) is 2.45. The maximum absolute atomic E-state index is 5.40. The van der Waals surface area contributed by atoms with Crippen molar-refractivity contribution in [3.05, 3.63) is 28.2 Å². The van der Waals surface area contributed by atoms with Gasteiger partial charge in [0.05, 0.1) is 7.11 Å². The average molecular weight is 300 g/mol. The zero-order valence-electron chi connectivity index (χ0n) is 11.0. The van der Waals surface area contributed by atoms with E-state index in [9.17, 15) is 0 Å². The van der Waals surface area contributed by atoms with Gasteiger partial charge >= 0.3 is 0 Å². The minimum Gasteiger partial charge on any atom is -0.496 e. The van der Waals surface area contributed by atoms with Gasteiger partial charge < -0.3 is 4.74 Å². The summed E-state index contributed by atoms with van der Waals surface area (Å²) in [6.07, 6.45) is 2.50. The van der Waals surface area contributed by atoms with Crippen LogP contribution in [0.25, 0.3) is 0 Å². The van der Waals surface area contributed by atoms with Crippen LogP contribution in [0.4, 0.5) is 0 Å². The van der Waals surface area contributed by atoms with Crippen LogP contribution in [0.1, 0.15) is 32.3 Å². The number of ether oxygens (including phenoxy) is 1. The second kappa shape index (κ2) is 7.72. The molecule has 1 aromatic carbocycles. The van der Waals surface area contributed by atoms with Gasteiger partial charge in [-0.3, -0.25) is 4.90 Å². The van der Waals surface area contributed by atoms with E-state index in [-0.39, 0.29) is 0 Å². The summed E-state index contributed by atoms with van der Waals surface area (Å²) in [6, 6.07) is 6.19. The van der Waals surface area contributed by atoms with Crippen LogP contribution >= 0.6 is 15.9 Å². The first kappa shape index (κ1) is 14.5. The fourth-order valence-corrected chi connectivity index (χ4v) is 2.25. The predicted molar refractivity (Wildman–Crippen MR) is 76.6 cm³/mol. The molecule has 1 rings (SSSR count). The molecule has 0 aliphatic rings. The van der Waals surface area contributed by atoms with Gasteiger partial charge in [0, 0.05) is 16.6 Å². The van der Waals surface area contributed by atoms with E-state index in [4.69, 9.17) is 4.74 Å². The third kappa shape index (κ3) is 4.68. The lowest BCUT2D eigenvalue weighted by Crippen LogP contribution is -2.24. The van der Waals surface area contributed by atoms with Crippen LogP contribution in [-0.2, 0) is 6.54 Å². The molecule has 0 aromatic heterocycles. The maximum Gasteiger partial charge on any atom is 0.123 e. The van der Waals surface area contributed by atoms with E-state index in [1.54, 1.807) is 7.11 Å². The first-order chi connectivity index (χ1) is 8.21. The van der Waals surface area contributed by atoms with Crippen molar-refractivity contribution in [3.8, 4) is 5.75 Å². The molecule has 2 nitrogen and oxygen atoms in total. The highest BCUT2D eigenvalue weighted by atomic mass is 79.9. The van der Waals surface area contributed by atoms with Crippen LogP contribution in [0.15, 0.2) is 22.7 Å². The molecule has 0 N–H and O–H groups in total. The lowest BCUT2D eigenvalue weighted by atomic mass is 10.2. The number of benzene rings is 1. The predicted octanol–water partition coefficient (Wildman–Crippen LogP) is 4.08. The Morgan fingerprint density at radius 3 is 2.65 bits per heavy atom. The zero-order chi connectivity index (χ0) is 12.7. The van der Waals surface area contributed by atoms with Crippen LogP contribution in [0, 0.1) is 0 Å². The van der Waals surface area contributed by atoms with Crippen molar-refractivity contribution < 1.29 is 4.74 Å². The molecule has 17 heavy (non-hydrogen) atoms. The van der Waals surface area contributed by atoms with Gasteiger partial charge in [0.15, 0.2) is 0 Å². The second-order valence-corrected chi connectivity index (χ2v) is 5.09. The summed E-state index contributed by atoms with van der Waals surface area (Å²) in [7, 11) is 1.73. The molecule has 0 amide bonds. The number of hydrogen-bond donors (Lipinski definition) is 0. The van der Waals surface area contributed by atoms with Crippen LogP contribution in [0.3, 0.4) is 0 Å². The third-order valence-corrected chi connectivity index (χ3v) is 3.40. The molecule has 3 heteroatoms. The molecule has 0 spiro atoms. The molecule has 0 bridgehead atoms. The molecule has 0 fully saturated rings. The fraction of sp³-hybridized carbons (Fsp3) is 0.571. The minimum absolute atomic E-state index is 0.957. The monoisotopic (exact) mass is 299 g/mol. The number of methoxy groups -OCH3 is 1. The summed E-state index contributed by atoms with van der Waals surface area (Å²) < 4.78 is 6.51. The average Bonchev–Trinajstić information content (AvgIpc) is 2.34. The van der Waals surface area contributed by atoms with Gasteiger partial charge in [0.1, 0.15) is 5.75 Å². The molecule has 96 valence electrons. The van der Waals surface area contributed by atoms with Crippen molar-refractivity contribution >= 4 is 15.9 Å². The highest BCUT2D eigenvalue weighted by molar-refractivity contribution is 9.10. The van der Waals surface area contributed by atoms with E-state index in [0.29, 0.717) is 0 Å². The Kier molecular flexibility index (Phi) is 6.60. The molecule has 0 unspecified atom stereocenters. The standard InChI is InChI=1S/C14H22BrNO/c1-4-6-9-16(5-2)11-12-10-13(15)7-8-14(12)17-3/h7-8,10H,4-6,9,11H2,1-3H3. The largest absolute Gasteiger partial charge is 0.496 e. The van der Waals surface area contributed by atoms with Gasteiger partial charge in [-0.25, -0.2) is 0 Å². The summed E-state index contributed by atoms with van der Waals surface area (Å²) in [6.45, 7) is 7.63. The third-order valence-electron chi connectivity index (χ3n) is 2.91. The van der Waals surface area contributed by atoms with Gasteiger partial charge in [0.25, 0.3) is 0 Å². The molecule has 0 radical (unpaired) electrons. The van der Waals surface area contributed by atoms with Gasteiger partial charge in [-0.05, 0) is 37.7 Å². The highest BCUT2D eigenvalue weighted by Crippen LogP contribution is 2.24. The maximum atomic E-state index is 5.40. The summed E-state index contributed by atoms with van der Waals surface area (Å²) in [5.74, 6) is 0.975. The SMILES string of the molecule is CCCCN(CC)Cc1cc(Br)ccc1OC. The van der Waals surface area contributed by atoms with E-state index in [1.807, 2.05) is 12.1 Å². The van der Waals surface area contributed by atoms with Crippen LogP contribution in [0.5, 0.6) is 5.75 Å². The Bertz CT molecular complexity index is 341. The molecule has 0 saturated heterocycles. The number of halogens is 1. The summed E-state index contributed by atoms with van der Waals surface area (Å²) >= 11 is 3.52. The minimum atomic E-state index is 0.957. The van der Waals surface area contributed by atoms with E-state index >= 15 is 0 Å². The van der Waals surface area contributed by atoms with Gasteiger partial charge in [-0.2, -0.15) is 0 Å². The topological polar surface area (TPSA) is 12.5 Å². The van der Waals surface area contributed by atoms with Gasteiger partial charge in [-0.15, -0.1) is 0 Å². The fourth-order valence-electron chi connectivity index (χ4n) is 1.84. The Hall–Kier alpha value is -0.540. The quantitative estimate of drug-likeness (QED) is 0.752. The Morgan fingerprint density at radius 1 is 1.29 bits per heavy atom. The van der Waals surface area contributed by atoms with E-state index in [1.165, 1.54) is 18.4 Å². The van der Waals surface area contributed by atoms with Crippen LogP contribution in [-0.4, -0.2) is 25.1 Å². The number of rotatable bonds is 7. The number of unbranched alkanes of at least 4 members (excludes halogenated alkanes) is 1. The van der Waals surface area contributed by atoms with Crippen molar-refractivity contribution in [1.29, 1.82) is 0 Å². The van der Waals surface area contributed by atoms with Gasteiger partial charge in [-0.1, -0.05) is 36.2 Å². The molecule has 0 aliphatic heterocycles.